The van der Waals surface area contributed by atoms with Crippen LogP contribution in [0.4, 0.5) is 0 Å². The Bertz CT molecular complexity index is 268. The molecule has 0 unspecified atom stereocenters. The van der Waals surface area contributed by atoms with Crippen LogP contribution in [0.15, 0.2) is 0 Å². The Morgan fingerprint density at radius 2 is 2.00 bits per heavy atom. The van der Waals surface area contributed by atoms with Crippen LogP contribution in [-0.4, -0.2) is 58.9 Å². The Hall–Kier alpha value is -0.460. The molecule has 1 N–H and O–H groups in total. The number of hydrogen-bond acceptors (Lipinski definition) is 3. The fourth-order valence-corrected chi connectivity index (χ4v) is 2.12. The van der Waals surface area contributed by atoms with E-state index in [0.29, 0.717) is 10.2 Å². The third-order valence-corrected chi connectivity index (χ3v) is 3.24. The zero-order valence-corrected chi connectivity index (χ0v) is 11.8. The molecule has 0 aromatic rings. The number of hydrogen-bond donors (Lipinski definition) is 1. The summed E-state index contributed by atoms with van der Waals surface area (Å²) in [5.74, 6) is 0. The lowest BCUT2D eigenvalue weighted by Gasteiger charge is -2.30. The monoisotopic (exact) mass is 260 g/mol. The molecule has 1 aliphatic heterocycles. The first kappa shape index (κ1) is 13.6. The van der Waals surface area contributed by atoms with Gasteiger partial charge >= 0.3 is 0 Å². The van der Waals surface area contributed by atoms with Crippen LogP contribution >= 0.6 is 24.4 Å². The summed E-state index contributed by atoms with van der Waals surface area (Å²) >= 11 is 10.5. The van der Waals surface area contributed by atoms with Crippen molar-refractivity contribution in [2.24, 2.45) is 0 Å². The second-order valence-electron chi connectivity index (χ2n) is 4.06. The molecule has 6 heteroatoms. The first-order chi connectivity index (χ1) is 7.56. The molecule has 0 aliphatic carbocycles. The van der Waals surface area contributed by atoms with Crippen LogP contribution in [-0.2, 0) is 0 Å². The van der Waals surface area contributed by atoms with Crippen molar-refractivity contribution in [3.05, 3.63) is 0 Å². The minimum atomic E-state index is 0.661. The Labute approximate surface area is 109 Å². The van der Waals surface area contributed by atoms with Gasteiger partial charge in [0.2, 0.25) is 0 Å². The molecule has 0 spiro atoms. The van der Waals surface area contributed by atoms with Gasteiger partial charge in [-0.15, -0.1) is 0 Å². The number of rotatable bonds is 2. The fraction of sp³-hybridized carbons (Fsp3) is 0.800. The summed E-state index contributed by atoms with van der Waals surface area (Å²) in [4.78, 5) is 1.85. The summed E-state index contributed by atoms with van der Waals surface area (Å²) in [6.45, 7) is 5.31. The van der Waals surface area contributed by atoms with Crippen molar-refractivity contribution >= 4 is 34.7 Å². The lowest BCUT2D eigenvalue weighted by atomic mass is 10.4. The predicted molar refractivity (Wildman–Crippen MR) is 75.2 cm³/mol. The highest BCUT2D eigenvalue weighted by Crippen LogP contribution is 2.11. The summed E-state index contributed by atoms with van der Waals surface area (Å²) in [6.07, 6.45) is 2.30. The van der Waals surface area contributed by atoms with Gasteiger partial charge in [0.25, 0.3) is 0 Å². The van der Waals surface area contributed by atoms with E-state index in [4.69, 9.17) is 24.4 Å². The minimum Gasteiger partial charge on any atom is -0.355 e. The van der Waals surface area contributed by atoms with Crippen LogP contribution in [0.25, 0.3) is 0 Å². The van der Waals surface area contributed by atoms with Gasteiger partial charge in [0, 0.05) is 33.7 Å². The van der Waals surface area contributed by atoms with Crippen molar-refractivity contribution in [3.63, 3.8) is 0 Å². The van der Waals surface area contributed by atoms with Crippen molar-refractivity contribution in [1.82, 2.24) is 20.2 Å². The van der Waals surface area contributed by atoms with Crippen LogP contribution in [0.3, 0.4) is 0 Å². The third-order valence-electron chi connectivity index (χ3n) is 2.46. The van der Waals surface area contributed by atoms with E-state index < -0.39 is 0 Å². The topological polar surface area (TPSA) is 21.8 Å². The number of nitrogens with zero attached hydrogens (tertiary/aromatic N) is 3. The van der Waals surface area contributed by atoms with E-state index in [1.807, 2.05) is 19.0 Å². The molecule has 0 aromatic carbocycles. The maximum atomic E-state index is 5.36. The average molecular weight is 260 g/mol. The molecule has 1 aliphatic rings. The molecule has 1 fully saturated rings. The number of hydrazine groups is 1. The maximum absolute atomic E-state index is 5.36. The normalized spacial score (nSPS) is 16.3. The van der Waals surface area contributed by atoms with Crippen molar-refractivity contribution in [3.8, 4) is 0 Å². The quantitative estimate of drug-likeness (QED) is 0.744. The molecule has 0 amide bonds. The van der Waals surface area contributed by atoms with Gasteiger partial charge in [-0.1, -0.05) is 6.92 Å². The van der Waals surface area contributed by atoms with Gasteiger partial charge in [-0.25, -0.2) is 5.01 Å². The minimum absolute atomic E-state index is 0.661. The van der Waals surface area contributed by atoms with Crippen LogP contribution in [0.5, 0.6) is 0 Å². The maximum Gasteiger partial charge on any atom is 0.189 e. The van der Waals surface area contributed by atoms with E-state index >= 15 is 0 Å². The SMILES string of the molecule is CCCN1CCCN1C(=S)NC(=S)N(C)C. The third kappa shape index (κ3) is 3.54. The molecule has 1 heterocycles. The smallest absolute Gasteiger partial charge is 0.189 e. The molecular weight excluding hydrogens is 240 g/mol. The Morgan fingerprint density at radius 3 is 2.56 bits per heavy atom. The molecule has 0 saturated carbocycles. The first-order valence-corrected chi connectivity index (χ1v) is 6.42. The summed E-state index contributed by atoms with van der Waals surface area (Å²) in [5.41, 5.74) is 0. The van der Waals surface area contributed by atoms with E-state index in [1.54, 1.807) is 0 Å². The van der Waals surface area contributed by atoms with Gasteiger partial charge in [0.1, 0.15) is 0 Å². The predicted octanol–water partition coefficient (Wildman–Crippen LogP) is 1.04. The molecule has 0 atom stereocenters. The van der Waals surface area contributed by atoms with Crippen LogP contribution in [0, 0.1) is 0 Å². The number of thiocarbonyl (C=S) groups is 2. The molecular formula is C10H20N4S2. The summed E-state index contributed by atoms with van der Waals surface area (Å²) < 4.78 is 0. The molecule has 4 nitrogen and oxygen atoms in total. The summed E-state index contributed by atoms with van der Waals surface area (Å²) in [6, 6.07) is 0. The Morgan fingerprint density at radius 1 is 1.31 bits per heavy atom. The second-order valence-corrected chi connectivity index (χ2v) is 4.83. The lowest BCUT2D eigenvalue weighted by molar-refractivity contribution is 0.105. The van der Waals surface area contributed by atoms with Crippen LogP contribution < -0.4 is 5.32 Å². The van der Waals surface area contributed by atoms with E-state index in [9.17, 15) is 0 Å². The van der Waals surface area contributed by atoms with Crippen molar-refractivity contribution in [1.29, 1.82) is 0 Å². The van der Waals surface area contributed by atoms with E-state index in [-0.39, 0.29) is 0 Å². The Balaban J connectivity index is 2.49. The summed E-state index contributed by atoms with van der Waals surface area (Å²) in [7, 11) is 3.82. The highest BCUT2D eigenvalue weighted by molar-refractivity contribution is 7.81. The Kier molecular flexibility index (Phi) is 5.37. The summed E-state index contributed by atoms with van der Waals surface area (Å²) in [5, 5.41) is 8.86. The van der Waals surface area contributed by atoms with Crippen molar-refractivity contribution in [2.45, 2.75) is 19.8 Å². The molecule has 0 radical (unpaired) electrons. The number of nitrogens with one attached hydrogen (secondary N) is 1. The zero-order chi connectivity index (χ0) is 12.1. The lowest BCUT2D eigenvalue weighted by Crippen LogP contribution is -2.50. The zero-order valence-electron chi connectivity index (χ0n) is 10.2. The first-order valence-electron chi connectivity index (χ1n) is 5.61. The largest absolute Gasteiger partial charge is 0.355 e. The molecule has 92 valence electrons. The van der Waals surface area contributed by atoms with Gasteiger partial charge in [-0.05, 0) is 37.3 Å². The van der Waals surface area contributed by atoms with E-state index in [0.717, 1.165) is 32.5 Å². The van der Waals surface area contributed by atoms with Gasteiger partial charge in [-0.3, -0.25) is 5.01 Å². The van der Waals surface area contributed by atoms with E-state index in [2.05, 4.69) is 22.3 Å². The molecule has 1 saturated heterocycles. The van der Waals surface area contributed by atoms with Crippen molar-refractivity contribution in [2.75, 3.05) is 33.7 Å². The van der Waals surface area contributed by atoms with Crippen LogP contribution in [0.1, 0.15) is 19.8 Å². The van der Waals surface area contributed by atoms with Gasteiger partial charge in [-0.2, -0.15) is 0 Å². The average Bonchev–Trinajstić information content (AvgIpc) is 2.66. The molecule has 0 bridgehead atoms. The molecule has 1 rings (SSSR count). The van der Waals surface area contributed by atoms with Gasteiger partial charge < -0.3 is 10.2 Å². The highest BCUT2D eigenvalue weighted by atomic mass is 32.1. The molecule has 16 heavy (non-hydrogen) atoms. The van der Waals surface area contributed by atoms with Gasteiger partial charge in [0.15, 0.2) is 10.2 Å². The second kappa shape index (κ2) is 6.32. The fourth-order valence-electron chi connectivity index (χ4n) is 1.65. The molecule has 0 aromatic heterocycles. The highest BCUT2D eigenvalue weighted by Gasteiger charge is 2.23. The van der Waals surface area contributed by atoms with E-state index in [1.165, 1.54) is 0 Å². The van der Waals surface area contributed by atoms with Crippen molar-refractivity contribution < 1.29 is 0 Å². The van der Waals surface area contributed by atoms with Crippen LogP contribution in [0.2, 0.25) is 0 Å². The van der Waals surface area contributed by atoms with Gasteiger partial charge in [0.05, 0.1) is 0 Å². The standard InChI is InChI=1S/C10H20N4S2/c1-4-6-13-7-5-8-14(13)10(16)11-9(15)12(2)3/h4-8H2,1-3H3,(H,11,15,16).